The van der Waals surface area contributed by atoms with E-state index in [-0.39, 0.29) is 0 Å². The monoisotopic (exact) mass is 283 g/mol. The standard InChI is InChI=1S/C17H33NO2/c1-6-16(19)20-17(18,13-9-11-15(4)5)12-8-7-10-14(2)3/h6,14-15H,1,7-13,18H2,2-5H3. The predicted molar refractivity (Wildman–Crippen MR) is 85.2 cm³/mol. The van der Waals surface area contributed by atoms with Crippen LogP contribution in [0.5, 0.6) is 0 Å². The zero-order valence-corrected chi connectivity index (χ0v) is 13.8. The normalized spacial score (nSPS) is 14.3. The van der Waals surface area contributed by atoms with Crippen molar-refractivity contribution in [1.29, 1.82) is 0 Å². The van der Waals surface area contributed by atoms with Gasteiger partial charge in [-0.2, -0.15) is 0 Å². The first-order chi connectivity index (χ1) is 9.29. The number of carbonyl (C=O) groups excluding carboxylic acids is 1. The smallest absolute Gasteiger partial charge is 0.331 e. The number of nitrogens with two attached hydrogens (primary N) is 1. The van der Waals surface area contributed by atoms with E-state index in [1.807, 2.05) is 0 Å². The van der Waals surface area contributed by atoms with Crippen LogP contribution in [0.2, 0.25) is 0 Å². The van der Waals surface area contributed by atoms with Crippen LogP contribution in [0, 0.1) is 11.8 Å². The molecule has 0 saturated heterocycles. The van der Waals surface area contributed by atoms with Gasteiger partial charge in [0, 0.05) is 18.9 Å². The summed E-state index contributed by atoms with van der Waals surface area (Å²) in [5.41, 5.74) is 5.46. The third-order valence-corrected chi connectivity index (χ3v) is 3.48. The average molecular weight is 283 g/mol. The fraction of sp³-hybridized carbons (Fsp3) is 0.824. The molecule has 0 aliphatic heterocycles. The van der Waals surface area contributed by atoms with Crippen LogP contribution in [0.15, 0.2) is 12.7 Å². The van der Waals surface area contributed by atoms with Crippen molar-refractivity contribution in [2.75, 3.05) is 0 Å². The third-order valence-electron chi connectivity index (χ3n) is 3.48. The molecule has 118 valence electrons. The van der Waals surface area contributed by atoms with Crippen LogP contribution in [0.3, 0.4) is 0 Å². The van der Waals surface area contributed by atoms with Crippen LogP contribution < -0.4 is 5.73 Å². The zero-order chi connectivity index (χ0) is 15.6. The molecule has 0 saturated carbocycles. The van der Waals surface area contributed by atoms with E-state index in [0.717, 1.165) is 38.5 Å². The van der Waals surface area contributed by atoms with E-state index in [0.29, 0.717) is 11.8 Å². The molecule has 0 bridgehead atoms. The Hall–Kier alpha value is -0.830. The van der Waals surface area contributed by atoms with Crippen LogP contribution >= 0.6 is 0 Å². The highest BCUT2D eigenvalue weighted by atomic mass is 16.6. The Morgan fingerprint density at radius 2 is 1.60 bits per heavy atom. The van der Waals surface area contributed by atoms with Crippen molar-refractivity contribution >= 4 is 5.97 Å². The quantitative estimate of drug-likeness (QED) is 0.264. The molecule has 1 atom stereocenters. The van der Waals surface area contributed by atoms with Crippen LogP contribution in [0.1, 0.15) is 72.6 Å². The van der Waals surface area contributed by atoms with Crippen molar-refractivity contribution in [3.8, 4) is 0 Å². The van der Waals surface area contributed by atoms with Gasteiger partial charge in [-0.3, -0.25) is 5.73 Å². The van der Waals surface area contributed by atoms with Gasteiger partial charge in [0.1, 0.15) is 0 Å². The lowest BCUT2D eigenvalue weighted by molar-refractivity contribution is -0.155. The van der Waals surface area contributed by atoms with Gasteiger partial charge in [0.2, 0.25) is 0 Å². The molecule has 20 heavy (non-hydrogen) atoms. The molecule has 3 heteroatoms. The summed E-state index contributed by atoms with van der Waals surface area (Å²) in [6, 6.07) is 0. The molecule has 2 N–H and O–H groups in total. The molecule has 0 rings (SSSR count). The Morgan fingerprint density at radius 3 is 2.10 bits per heavy atom. The Labute approximate surface area is 125 Å². The van der Waals surface area contributed by atoms with E-state index in [9.17, 15) is 4.79 Å². The second-order valence-corrected chi connectivity index (χ2v) is 6.62. The maximum absolute atomic E-state index is 11.4. The van der Waals surface area contributed by atoms with E-state index >= 15 is 0 Å². The Kier molecular flexibility index (Phi) is 9.56. The van der Waals surface area contributed by atoms with Gasteiger partial charge in [0.05, 0.1) is 0 Å². The van der Waals surface area contributed by atoms with Crippen molar-refractivity contribution < 1.29 is 9.53 Å². The largest absolute Gasteiger partial charge is 0.441 e. The van der Waals surface area contributed by atoms with E-state index in [4.69, 9.17) is 10.5 Å². The molecule has 0 amide bonds. The molecule has 0 spiro atoms. The van der Waals surface area contributed by atoms with Crippen LogP contribution in [-0.4, -0.2) is 11.7 Å². The summed E-state index contributed by atoms with van der Waals surface area (Å²) in [6.07, 6.45) is 8.08. The van der Waals surface area contributed by atoms with Crippen LogP contribution in [0.25, 0.3) is 0 Å². The first kappa shape index (κ1) is 19.2. The molecular formula is C17H33NO2. The number of hydrogen-bond acceptors (Lipinski definition) is 3. The van der Waals surface area contributed by atoms with Gasteiger partial charge >= 0.3 is 5.97 Å². The topological polar surface area (TPSA) is 52.3 Å². The number of rotatable bonds is 11. The number of ether oxygens (including phenoxy) is 1. The predicted octanol–water partition coefficient (Wildman–Crippen LogP) is 4.41. The first-order valence-electron chi connectivity index (χ1n) is 7.93. The number of esters is 1. The molecule has 0 aliphatic rings. The summed E-state index contributed by atoms with van der Waals surface area (Å²) < 4.78 is 5.40. The molecule has 0 radical (unpaired) electrons. The highest BCUT2D eigenvalue weighted by Crippen LogP contribution is 2.23. The summed E-state index contributed by atoms with van der Waals surface area (Å²) in [7, 11) is 0. The van der Waals surface area contributed by atoms with Crippen LogP contribution in [0.4, 0.5) is 0 Å². The molecule has 1 unspecified atom stereocenters. The highest BCUT2D eigenvalue weighted by Gasteiger charge is 2.27. The third kappa shape index (κ3) is 10.0. The van der Waals surface area contributed by atoms with E-state index in [1.165, 1.54) is 12.5 Å². The molecule has 3 nitrogen and oxygen atoms in total. The van der Waals surface area contributed by atoms with E-state index in [1.54, 1.807) is 0 Å². The van der Waals surface area contributed by atoms with Gasteiger partial charge in [-0.1, -0.05) is 53.5 Å². The van der Waals surface area contributed by atoms with Crippen molar-refractivity contribution in [3.63, 3.8) is 0 Å². The van der Waals surface area contributed by atoms with Gasteiger partial charge in [-0.15, -0.1) is 0 Å². The van der Waals surface area contributed by atoms with E-state index < -0.39 is 11.7 Å². The minimum Gasteiger partial charge on any atom is -0.441 e. The molecule has 0 aromatic carbocycles. The number of unbranched alkanes of at least 4 members (excludes halogenated alkanes) is 1. The van der Waals surface area contributed by atoms with Gasteiger partial charge in [0.25, 0.3) is 0 Å². The van der Waals surface area contributed by atoms with Crippen molar-refractivity contribution in [3.05, 3.63) is 12.7 Å². The Balaban J connectivity index is 4.29. The zero-order valence-electron chi connectivity index (χ0n) is 13.8. The maximum atomic E-state index is 11.4. The summed E-state index contributed by atoms with van der Waals surface area (Å²) in [5.74, 6) is 0.940. The highest BCUT2D eigenvalue weighted by molar-refractivity contribution is 5.81. The number of hydrogen-bond donors (Lipinski definition) is 1. The Morgan fingerprint density at radius 1 is 1.10 bits per heavy atom. The molecule has 0 aliphatic carbocycles. The second kappa shape index (κ2) is 9.98. The van der Waals surface area contributed by atoms with Crippen molar-refractivity contribution in [2.45, 2.75) is 78.4 Å². The average Bonchev–Trinajstić information content (AvgIpc) is 2.34. The minimum absolute atomic E-state index is 0.416. The molecule has 0 heterocycles. The molecule has 0 aromatic heterocycles. The lowest BCUT2D eigenvalue weighted by Gasteiger charge is -2.29. The summed E-state index contributed by atoms with van der Waals surface area (Å²) in [5, 5.41) is 0. The fourth-order valence-electron chi connectivity index (χ4n) is 2.26. The van der Waals surface area contributed by atoms with Gasteiger partial charge in [-0.05, 0) is 24.7 Å². The lowest BCUT2D eigenvalue weighted by atomic mass is 9.95. The summed E-state index contributed by atoms with van der Waals surface area (Å²) >= 11 is 0. The Bertz CT molecular complexity index is 287. The maximum Gasteiger partial charge on any atom is 0.331 e. The van der Waals surface area contributed by atoms with Gasteiger partial charge in [-0.25, -0.2) is 4.79 Å². The first-order valence-corrected chi connectivity index (χ1v) is 7.93. The van der Waals surface area contributed by atoms with Crippen molar-refractivity contribution in [1.82, 2.24) is 0 Å². The summed E-state index contributed by atoms with van der Waals surface area (Å²) in [4.78, 5) is 11.4. The van der Waals surface area contributed by atoms with Crippen molar-refractivity contribution in [2.24, 2.45) is 17.6 Å². The molecular weight excluding hydrogens is 250 g/mol. The fourth-order valence-corrected chi connectivity index (χ4v) is 2.26. The van der Waals surface area contributed by atoms with Gasteiger partial charge in [0.15, 0.2) is 5.72 Å². The molecule has 0 fully saturated rings. The second-order valence-electron chi connectivity index (χ2n) is 6.62. The molecule has 0 aromatic rings. The van der Waals surface area contributed by atoms with Gasteiger partial charge < -0.3 is 4.74 Å². The minimum atomic E-state index is -0.822. The number of carbonyl (C=O) groups is 1. The SMILES string of the molecule is C=CC(=O)OC(N)(CCCCC(C)C)CCCC(C)C. The van der Waals surface area contributed by atoms with E-state index in [2.05, 4.69) is 34.3 Å². The lowest BCUT2D eigenvalue weighted by Crippen LogP contribution is -2.44. The summed E-state index contributed by atoms with van der Waals surface area (Å²) in [6.45, 7) is 12.3. The van der Waals surface area contributed by atoms with Crippen LogP contribution in [-0.2, 0) is 9.53 Å².